The molecule has 0 fully saturated rings. The zero-order chi connectivity index (χ0) is 15.6. The zero-order valence-corrected chi connectivity index (χ0v) is 13.2. The second-order valence-corrected chi connectivity index (χ2v) is 5.47. The second-order valence-electron chi connectivity index (χ2n) is 5.47. The number of carbonyl (C=O) groups excluding carboxylic acids is 1. The van der Waals surface area contributed by atoms with Crippen LogP contribution in [0.1, 0.15) is 43.3 Å². The van der Waals surface area contributed by atoms with Gasteiger partial charge < -0.3 is 5.32 Å². The van der Waals surface area contributed by atoms with Crippen LogP contribution in [0.5, 0.6) is 0 Å². The number of rotatable bonds is 5. The number of amides is 1. The number of hydrogen-bond donors (Lipinski definition) is 1. The van der Waals surface area contributed by atoms with Crippen LogP contribution in [0, 0.1) is 13.8 Å². The van der Waals surface area contributed by atoms with Gasteiger partial charge in [-0.3, -0.25) is 9.48 Å². The van der Waals surface area contributed by atoms with Crippen LogP contribution < -0.4 is 5.32 Å². The molecule has 0 aliphatic carbocycles. The van der Waals surface area contributed by atoms with Crippen LogP contribution >= 0.6 is 0 Å². The Balaban J connectivity index is 1.92. The van der Waals surface area contributed by atoms with E-state index in [0.29, 0.717) is 18.7 Å². The molecule has 0 aliphatic rings. The lowest BCUT2D eigenvalue weighted by atomic mass is 10.1. The molecule has 0 saturated heterocycles. The first-order valence-corrected chi connectivity index (χ1v) is 7.09. The molecule has 2 heterocycles. The Morgan fingerprint density at radius 3 is 2.57 bits per heavy atom. The largest absolute Gasteiger partial charge is 0.308 e. The molecule has 0 aromatic carbocycles. The van der Waals surface area contributed by atoms with Crippen molar-refractivity contribution in [1.29, 1.82) is 0 Å². The maximum absolute atomic E-state index is 12.0. The Labute approximate surface area is 124 Å². The number of aromatic nitrogens is 5. The van der Waals surface area contributed by atoms with Crippen molar-refractivity contribution in [3.05, 3.63) is 23.1 Å². The summed E-state index contributed by atoms with van der Waals surface area (Å²) in [6, 6.07) is 0.177. The maximum atomic E-state index is 12.0. The molecule has 0 unspecified atom stereocenters. The minimum absolute atomic E-state index is 0.0616. The summed E-state index contributed by atoms with van der Waals surface area (Å²) in [6.07, 6.45) is 2.65. The topological polar surface area (TPSA) is 77.6 Å². The van der Waals surface area contributed by atoms with Gasteiger partial charge in [0.2, 0.25) is 5.91 Å². The van der Waals surface area contributed by atoms with Crippen molar-refractivity contribution in [2.75, 3.05) is 5.32 Å². The summed E-state index contributed by atoms with van der Waals surface area (Å²) in [6.45, 7) is 7.95. The average Bonchev–Trinajstić information content (AvgIpc) is 2.95. The van der Waals surface area contributed by atoms with Crippen molar-refractivity contribution in [2.45, 2.75) is 46.6 Å². The number of aryl methyl sites for hydroxylation is 2. The third kappa shape index (κ3) is 3.48. The highest BCUT2D eigenvalue weighted by Crippen LogP contribution is 2.14. The molecule has 1 amide bonds. The van der Waals surface area contributed by atoms with Crippen LogP contribution in [0.25, 0.3) is 0 Å². The Hall–Kier alpha value is -2.18. The van der Waals surface area contributed by atoms with E-state index in [1.807, 2.05) is 39.4 Å². The van der Waals surface area contributed by atoms with Crippen molar-refractivity contribution in [3.63, 3.8) is 0 Å². The van der Waals surface area contributed by atoms with E-state index in [4.69, 9.17) is 0 Å². The first-order valence-electron chi connectivity index (χ1n) is 7.09. The van der Waals surface area contributed by atoms with Crippen molar-refractivity contribution < 1.29 is 4.79 Å². The molecular formula is C14H22N6O. The molecule has 0 spiro atoms. The highest BCUT2D eigenvalue weighted by Gasteiger charge is 2.12. The lowest BCUT2D eigenvalue weighted by Gasteiger charge is -2.04. The van der Waals surface area contributed by atoms with E-state index in [1.54, 1.807) is 11.0 Å². The number of nitrogens with one attached hydrogen (secondary N) is 1. The summed E-state index contributed by atoms with van der Waals surface area (Å²) in [5, 5.41) is 15.4. The Morgan fingerprint density at radius 1 is 1.33 bits per heavy atom. The van der Waals surface area contributed by atoms with Crippen molar-refractivity contribution >= 4 is 11.7 Å². The third-order valence-electron chi connectivity index (χ3n) is 3.50. The lowest BCUT2D eigenvalue weighted by molar-refractivity contribution is -0.116. The summed E-state index contributed by atoms with van der Waals surface area (Å²) >= 11 is 0. The smallest absolute Gasteiger partial charge is 0.225 e. The zero-order valence-electron chi connectivity index (χ0n) is 13.2. The molecule has 0 atom stereocenters. The quantitative estimate of drug-likeness (QED) is 0.910. The van der Waals surface area contributed by atoms with Crippen molar-refractivity contribution in [2.24, 2.45) is 7.05 Å². The average molecular weight is 290 g/mol. The first-order chi connectivity index (χ1) is 9.88. The summed E-state index contributed by atoms with van der Waals surface area (Å²) in [5.74, 6) is 0.432. The van der Waals surface area contributed by atoms with Crippen molar-refractivity contribution in [3.8, 4) is 0 Å². The van der Waals surface area contributed by atoms with Gasteiger partial charge >= 0.3 is 0 Å². The van der Waals surface area contributed by atoms with E-state index in [2.05, 4.69) is 20.6 Å². The fourth-order valence-corrected chi connectivity index (χ4v) is 2.21. The van der Waals surface area contributed by atoms with Crippen LogP contribution in [0.3, 0.4) is 0 Å². The van der Waals surface area contributed by atoms with Gasteiger partial charge in [-0.1, -0.05) is 0 Å². The minimum atomic E-state index is -0.0616. The monoisotopic (exact) mass is 290 g/mol. The fourth-order valence-electron chi connectivity index (χ4n) is 2.21. The van der Waals surface area contributed by atoms with Crippen LogP contribution in [-0.2, 0) is 18.3 Å². The standard InChI is InChI=1S/C14H22N6O/c1-9(2)20-15-8-13(18-20)16-14(21)7-6-12-10(3)17-19(5)11(12)4/h8-9H,6-7H2,1-5H3,(H,16,18,21). The molecule has 0 bridgehead atoms. The lowest BCUT2D eigenvalue weighted by Crippen LogP contribution is -2.14. The molecule has 114 valence electrons. The molecule has 7 heteroatoms. The van der Waals surface area contributed by atoms with E-state index in [-0.39, 0.29) is 11.9 Å². The fraction of sp³-hybridized carbons (Fsp3) is 0.571. The van der Waals surface area contributed by atoms with Gasteiger partial charge in [0.1, 0.15) is 0 Å². The summed E-state index contributed by atoms with van der Waals surface area (Å²) in [7, 11) is 1.91. The van der Waals surface area contributed by atoms with Gasteiger partial charge in [-0.25, -0.2) is 0 Å². The summed E-state index contributed by atoms with van der Waals surface area (Å²) in [4.78, 5) is 13.6. The molecule has 2 aromatic heterocycles. The molecule has 21 heavy (non-hydrogen) atoms. The van der Waals surface area contributed by atoms with Crippen LogP contribution in [0.15, 0.2) is 6.20 Å². The van der Waals surface area contributed by atoms with Crippen LogP contribution in [0.2, 0.25) is 0 Å². The Morgan fingerprint density at radius 2 is 2.05 bits per heavy atom. The van der Waals surface area contributed by atoms with Crippen LogP contribution in [-0.4, -0.2) is 30.7 Å². The predicted octanol–water partition coefficient (Wildman–Crippen LogP) is 1.78. The summed E-state index contributed by atoms with van der Waals surface area (Å²) < 4.78 is 1.84. The minimum Gasteiger partial charge on any atom is -0.308 e. The van der Waals surface area contributed by atoms with Gasteiger partial charge in [-0.2, -0.15) is 15.0 Å². The van der Waals surface area contributed by atoms with Gasteiger partial charge in [0.15, 0.2) is 5.82 Å². The Kier molecular flexibility index (Phi) is 4.40. The number of carbonyl (C=O) groups is 1. The molecule has 7 nitrogen and oxygen atoms in total. The normalized spacial score (nSPS) is 11.1. The van der Waals surface area contributed by atoms with E-state index in [1.165, 1.54) is 0 Å². The summed E-state index contributed by atoms with van der Waals surface area (Å²) in [5.41, 5.74) is 3.22. The van der Waals surface area contributed by atoms with E-state index in [0.717, 1.165) is 17.0 Å². The van der Waals surface area contributed by atoms with Gasteiger partial charge in [0.25, 0.3) is 0 Å². The van der Waals surface area contributed by atoms with Gasteiger partial charge in [0, 0.05) is 19.2 Å². The van der Waals surface area contributed by atoms with E-state index < -0.39 is 0 Å². The van der Waals surface area contributed by atoms with E-state index in [9.17, 15) is 4.79 Å². The number of hydrogen-bond acceptors (Lipinski definition) is 4. The van der Waals surface area contributed by atoms with Gasteiger partial charge in [-0.05, 0) is 39.7 Å². The molecule has 0 aliphatic heterocycles. The van der Waals surface area contributed by atoms with Gasteiger partial charge in [0.05, 0.1) is 17.9 Å². The molecule has 2 rings (SSSR count). The molecular weight excluding hydrogens is 268 g/mol. The molecule has 1 N–H and O–H groups in total. The van der Waals surface area contributed by atoms with Crippen LogP contribution in [0.4, 0.5) is 5.82 Å². The second kappa shape index (κ2) is 6.07. The number of anilines is 1. The molecule has 0 radical (unpaired) electrons. The first kappa shape index (κ1) is 15.2. The van der Waals surface area contributed by atoms with Gasteiger partial charge in [-0.15, -0.1) is 5.10 Å². The third-order valence-corrected chi connectivity index (χ3v) is 3.50. The highest BCUT2D eigenvalue weighted by molar-refractivity contribution is 5.89. The molecule has 0 saturated carbocycles. The molecule has 2 aromatic rings. The Bertz CT molecular complexity index is 640. The predicted molar refractivity (Wildman–Crippen MR) is 80.0 cm³/mol. The highest BCUT2D eigenvalue weighted by atomic mass is 16.1. The van der Waals surface area contributed by atoms with Crippen molar-refractivity contribution in [1.82, 2.24) is 24.8 Å². The van der Waals surface area contributed by atoms with E-state index >= 15 is 0 Å². The SMILES string of the molecule is Cc1nn(C)c(C)c1CCC(=O)Nc1cnn(C(C)C)n1. The maximum Gasteiger partial charge on any atom is 0.225 e. The number of nitrogens with zero attached hydrogens (tertiary/aromatic N) is 5.